The number of carbonyl (C=O) groups excluding carboxylic acids is 2. The van der Waals surface area contributed by atoms with Gasteiger partial charge < -0.3 is 19.5 Å². The van der Waals surface area contributed by atoms with Crippen molar-refractivity contribution in [2.24, 2.45) is 5.92 Å². The second kappa shape index (κ2) is 12.5. The van der Waals surface area contributed by atoms with E-state index in [1.54, 1.807) is 20.5 Å². The first-order valence-corrected chi connectivity index (χ1v) is 19.9. The number of carbonyl (C=O) groups is 2. The van der Waals surface area contributed by atoms with Crippen molar-refractivity contribution in [2.75, 3.05) is 16.4 Å². The molecule has 3 aliphatic rings. The molecule has 10 nitrogen and oxygen atoms in total. The van der Waals surface area contributed by atoms with Crippen LogP contribution in [0.15, 0.2) is 72.9 Å². The number of aliphatic hydroxyl groups is 1. The molecule has 1 saturated heterocycles. The Balaban J connectivity index is 1.21. The maximum Gasteiger partial charge on any atom is 0.264 e. The molecule has 3 aliphatic heterocycles. The van der Waals surface area contributed by atoms with Crippen LogP contribution in [0.1, 0.15) is 42.1 Å². The molecule has 0 radical (unpaired) electrons. The van der Waals surface area contributed by atoms with E-state index in [2.05, 4.69) is 16.4 Å². The van der Waals surface area contributed by atoms with Gasteiger partial charge in [0, 0.05) is 59.9 Å². The Morgan fingerprint density at radius 2 is 1.85 bits per heavy atom. The van der Waals surface area contributed by atoms with E-state index >= 15 is 0 Å². The minimum atomic E-state index is -2.86. The predicted octanol–water partition coefficient (Wildman–Crippen LogP) is 5.51. The second-order valence-corrected chi connectivity index (χ2v) is 18.1. The lowest BCUT2D eigenvalue weighted by Crippen LogP contribution is -2.46. The number of para-hydroxylation sites is 1. The van der Waals surface area contributed by atoms with Crippen LogP contribution >= 0.6 is 11.6 Å². The van der Waals surface area contributed by atoms with Gasteiger partial charge in [-0.05, 0) is 73.5 Å². The molecule has 250 valence electrons. The van der Waals surface area contributed by atoms with E-state index in [-0.39, 0.29) is 36.4 Å². The fourth-order valence-corrected chi connectivity index (χ4v) is 10.9. The van der Waals surface area contributed by atoms with Crippen molar-refractivity contribution in [3.63, 3.8) is 0 Å². The maximum atomic E-state index is 14.9. The largest absolute Gasteiger partial charge is 0.432 e. The van der Waals surface area contributed by atoms with E-state index in [9.17, 15) is 19.5 Å². The number of ether oxygens (including phenoxy) is 1. The van der Waals surface area contributed by atoms with Crippen molar-refractivity contribution in [3.05, 3.63) is 100 Å². The van der Waals surface area contributed by atoms with Crippen molar-refractivity contribution in [1.29, 1.82) is 0 Å². The molecule has 3 aromatic carbocycles. The first kappa shape index (κ1) is 32.7. The van der Waals surface area contributed by atoms with E-state index in [0.29, 0.717) is 48.5 Å². The highest BCUT2D eigenvalue weighted by atomic mass is 35.5. The molecule has 12 heteroatoms. The SMILES string of the molecule is C[C@H]1[C@H]([Si](C)(C)O)[C@@H](CCn2cc(CCO)nn2)O[C@]12C(=O)N(Cc1cccc(N3C(=O)CCc4ccccc43)c1)c1ccc(Cl)cc12. The molecule has 1 fully saturated rings. The summed E-state index contributed by atoms with van der Waals surface area (Å²) in [7, 11) is -2.86. The van der Waals surface area contributed by atoms with Gasteiger partial charge in [-0.2, -0.15) is 0 Å². The van der Waals surface area contributed by atoms with E-state index in [1.807, 2.05) is 80.8 Å². The Kier molecular flexibility index (Phi) is 8.53. The number of aliphatic hydroxyl groups excluding tert-OH is 1. The van der Waals surface area contributed by atoms with E-state index in [0.717, 1.165) is 28.2 Å². The summed E-state index contributed by atoms with van der Waals surface area (Å²) in [5.74, 6) is -0.481. The van der Waals surface area contributed by atoms with E-state index < -0.39 is 20.0 Å². The number of halogens is 1. The van der Waals surface area contributed by atoms with Gasteiger partial charge >= 0.3 is 0 Å². The zero-order chi connectivity index (χ0) is 33.8. The molecular weight excluding hydrogens is 646 g/mol. The van der Waals surface area contributed by atoms with Crippen LogP contribution in [0.5, 0.6) is 0 Å². The summed E-state index contributed by atoms with van der Waals surface area (Å²) in [6.07, 6.45) is 3.49. The fraction of sp³-hybridized carbons (Fsp3) is 0.389. The minimum Gasteiger partial charge on any atom is -0.432 e. The molecule has 4 atom stereocenters. The molecule has 2 N–H and O–H groups in total. The molecule has 0 unspecified atom stereocenters. The van der Waals surface area contributed by atoms with Crippen LogP contribution in [0, 0.1) is 5.92 Å². The highest BCUT2D eigenvalue weighted by Gasteiger charge is 2.66. The second-order valence-electron chi connectivity index (χ2n) is 13.7. The predicted molar refractivity (Wildman–Crippen MR) is 186 cm³/mol. The van der Waals surface area contributed by atoms with Gasteiger partial charge in [0.25, 0.3) is 5.91 Å². The Bertz CT molecular complexity index is 1880. The number of hydrogen-bond acceptors (Lipinski definition) is 7. The van der Waals surface area contributed by atoms with E-state index in [1.165, 1.54) is 0 Å². The number of aromatic nitrogens is 3. The van der Waals surface area contributed by atoms with Crippen LogP contribution in [-0.2, 0) is 45.9 Å². The zero-order valence-corrected chi connectivity index (χ0v) is 29.1. The van der Waals surface area contributed by atoms with Crippen molar-refractivity contribution in [1.82, 2.24) is 15.0 Å². The van der Waals surface area contributed by atoms with Gasteiger partial charge in [0.05, 0.1) is 29.7 Å². The third-order valence-electron chi connectivity index (χ3n) is 10.1. The zero-order valence-electron chi connectivity index (χ0n) is 27.3. The van der Waals surface area contributed by atoms with Crippen molar-refractivity contribution < 1.29 is 24.2 Å². The molecule has 4 aromatic rings. The quantitative estimate of drug-likeness (QED) is 0.223. The number of aryl methyl sites for hydroxylation is 2. The lowest BCUT2D eigenvalue weighted by Gasteiger charge is -2.32. The number of anilines is 3. The Labute approximate surface area is 286 Å². The summed E-state index contributed by atoms with van der Waals surface area (Å²) in [6.45, 7) is 6.56. The van der Waals surface area contributed by atoms with E-state index in [4.69, 9.17) is 16.3 Å². The van der Waals surface area contributed by atoms with Gasteiger partial charge in [0.1, 0.15) is 0 Å². The van der Waals surface area contributed by atoms with Gasteiger partial charge in [-0.3, -0.25) is 19.2 Å². The van der Waals surface area contributed by atoms with Crippen molar-refractivity contribution in [2.45, 2.75) is 76.0 Å². The first-order chi connectivity index (χ1) is 23.0. The highest BCUT2D eigenvalue weighted by molar-refractivity contribution is 6.71. The van der Waals surface area contributed by atoms with Crippen LogP contribution in [0.2, 0.25) is 23.7 Å². The summed E-state index contributed by atoms with van der Waals surface area (Å²) in [6, 6.07) is 21.2. The lowest BCUT2D eigenvalue weighted by molar-refractivity contribution is -0.146. The third-order valence-corrected chi connectivity index (χ3v) is 12.9. The molecule has 48 heavy (non-hydrogen) atoms. The Morgan fingerprint density at radius 3 is 2.65 bits per heavy atom. The fourth-order valence-electron chi connectivity index (χ4n) is 8.10. The molecule has 0 saturated carbocycles. The van der Waals surface area contributed by atoms with Crippen LogP contribution < -0.4 is 9.80 Å². The number of nitrogens with zero attached hydrogens (tertiary/aromatic N) is 5. The van der Waals surface area contributed by atoms with Crippen LogP contribution in [0.3, 0.4) is 0 Å². The lowest BCUT2D eigenvalue weighted by atomic mass is 9.82. The van der Waals surface area contributed by atoms with Crippen LogP contribution in [-0.4, -0.2) is 57.7 Å². The van der Waals surface area contributed by atoms with Crippen LogP contribution in [0.4, 0.5) is 17.1 Å². The average Bonchev–Trinajstić information content (AvgIpc) is 3.70. The standard InChI is InChI=1S/C36H40ClN5O5Si/c1-23-34(48(2,3)46)32(15-17-40-22-27(16-18-43)38-39-40)47-36(23)29-20-26(37)12-13-31(29)41(35(36)45)21-24-7-6-9-28(19-24)42-30-10-5-4-8-25(30)11-14-33(42)44/h4-10,12-13,19-20,22-23,32,34,43,46H,11,14-18,21H2,1-3H3/t23-,32+,34-,36+/m0/s1. The van der Waals surface area contributed by atoms with Crippen molar-refractivity contribution in [3.8, 4) is 0 Å². The van der Waals surface area contributed by atoms with Gasteiger partial charge in [-0.1, -0.05) is 54.1 Å². The Hall–Kier alpha value is -3.87. The van der Waals surface area contributed by atoms with Crippen LogP contribution in [0.25, 0.3) is 0 Å². The summed E-state index contributed by atoms with van der Waals surface area (Å²) in [5.41, 5.74) is 4.21. The molecule has 1 spiro atoms. The van der Waals surface area contributed by atoms with Gasteiger partial charge in [-0.15, -0.1) is 5.10 Å². The maximum absolute atomic E-state index is 14.9. The molecule has 0 bridgehead atoms. The van der Waals surface area contributed by atoms with Gasteiger partial charge in [0.2, 0.25) is 5.91 Å². The molecule has 2 amide bonds. The molecule has 0 aliphatic carbocycles. The van der Waals surface area contributed by atoms with Crippen molar-refractivity contribution >= 4 is 48.8 Å². The summed E-state index contributed by atoms with van der Waals surface area (Å²) < 4.78 is 8.66. The molecule has 1 aromatic heterocycles. The monoisotopic (exact) mass is 685 g/mol. The van der Waals surface area contributed by atoms with Gasteiger partial charge in [-0.25, -0.2) is 0 Å². The topological polar surface area (TPSA) is 121 Å². The smallest absolute Gasteiger partial charge is 0.264 e. The molecule has 7 rings (SSSR count). The normalized spacial score (nSPS) is 23.7. The minimum absolute atomic E-state index is 0.00789. The summed E-state index contributed by atoms with van der Waals surface area (Å²) >= 11 is 6.58. The number of rotatable bonds is 9. The number of amides is 2. The highest BCUT2D eigenvalue weighted by Crippen LogP contribution is 2.60. The first-order valence-electron chi connectivity index (χ1n) is 16.5. The molecular formula is C36H40ClN5O5Si. The number of hydrogen-bond donors (Lipinski definition) is 2. The third kappa shape index (κ3) is 5.57. The number of benzene rings is 3. The number of fused-ring (bicyclic) bond motifs is 3. The molecule has 4 heterocycles. The van der Waals surface area contributed by atoms with Gasteiger partial charge in [0.15, 0.2) is 13.9 Å². The summed E-state index contributed by atoms with van der Waals surface area (Å²) in [4.78, 5) is 43.2. The summed E-state index contributed by atoms with van der Waals surface area (Å²) in [5, 5.41) is 18.1. The average molecular weight is 686 g/mol. The Morgan fingerprint density at radius 1 is 1.04 bits per heavy atom.